The Bertz CT molecular complexity index is 517. The molecule has 9 nitrogen and oxygen atoms in total. The van der Waals surface area contributed by atoms with E-state index in [9.17, 15) is 22.8 Å². The standard InChI is InChI=1S/C11H18N2O7S/c14-9(15)3-1-2-8(10(16)17)13-11(18)12-7-4-5-21(19,20)6-7/h7-8H,1-6H2,(H,14,15)(H,16,17)(H2,12,13,18)/t7?,8-/m1/s1. The predicted molar refractivity (Wildman–Crippen MR) is 71.6 cm³/mol. The van der Waals surface area contributed by atoms with Crippen LogP contribution in [-0.2, 0) is 19.4 Å². The summed E-state index contributed by atoms with van der Waals surface area (Å²) < 4.78 is 22.5. The third-order valence-corrected chi connectivity index (χ3v) is 4.82. The van der Waals surface area contributed by atoms with Gasteiger partial charge >= 0.3 is 18.0 Å². The van der Waals surface area contributed by atoms with E-state index >= 15 is 0 Å². The van der Waals surface area contributed by atoms with Crippen molar-refractivity contribution in [1.29, 1.82) is 0 Å². The van der Waals surface area contributed by atoms with E-state index in [1.165, 1.54) is 0 Å². The molecule has 4 N–H and O–H groups in total. The van der Waals surface area contributed by atoms with E-state index in [1.54, 1.807) is 0 Å². The SMILES string of the molecule is O=C(O)CCC[C@@H](NC(=O)NC1CCS(=O)(=O)C1)C(=O)O. The average Bonchev–Trinajstić information content (AvgIpc) is 2.66. The van der Waals surface area contributed by atoms with Crippen LogP contribution in [0.15, 0.2) is 0 Å². The molecule has 0 aromatic rings. The molecule has 2 amide bonds. The monoisotopic (exact) mass is 322 g/mol. The maximum atomic E-state index is 11.6. The molecule has 0 aromatic heterocycles. The number of carbonyl (C=O) groups is 3. The molecule has 10 heteroatoms. The quantitative estimate of drug-likeness (QED) is 0.478. The second-order valence-corrected chi connectivity index (χ2v) is 7.12. The number of rotatable bonds is 7. The molecule has 1 unspecified atom stereocenters. The second-order valence-electron chi connectivity index (χ2n) is 4.89. The number of urea groups is 1. The highest BCUT2D eigenvalue weighted by molar-refractivity contribution is 7.91. The van der Waals surface area contributed by atoms with Crippen molar-refractivity contribution >= 4 is 27.8 Å². The summed E-state index contributed by atoms with van der Waals surface area (Å²) in [5, 5.41) is 22.0. The first-order valence-electron chi connectivity index (χ1n) is 6.41. The van der Waals surface area contributed by atoms with E-state index in [1.807, 2.05) is 0 Å². The maximum absolute atomic E-state index is 11.6. The summed E-state index contributed by atoms with van der Waals surface area (Å²) >= 11 is 0. The topological polar surface area (TPSA) is 150 Å². The molecular weight excluding hydrogens is 304 g/mol. The zero-order chi connectivity index (χ0) is 16.0. The molecule has 21 heavy (non-hydrogen) atoms. The number of carboxylic acid groups (broad SMARTS) is 2. The van der Waals surface area contributed by atoms with Crippen molar-refractivity contribution in [3.05, 3.63) is 0 Å². The summed E-state index contributed by atoms with van der Waals surface area (Å²) in [5.74, 6) is -2.47. The van der Waals surface area contributed by atoms with Crippen LogP contribution in [0, 0.1) is 0 Å². The number of aliphatic carboxylic acids is 2. The lowest BCUT2D eigenvalue weighted by Crippen LogP contribution is -2.49. The van der Waals surface area contributed by atoms with E-state index in [0.717, 1.165) is 0 Å². The Hall–Kier alpha value is -1.84. The van der Waals surface area contributed by atoms with Gasteiger partial charge in [0, 0.05) is 12.5 Å². The summed E-state index contributed by atoms with van der Waals surface area (Å²) in [6.07, 6.45) is 0.211. The van der Waals surface area contributed by atoms with Crippen LogP contribution in [0.2, 0.25) is 0 Å². The molecule has 0 bridgehead atoms. The minimum absolute atomic E-state index is 0.00107. The van der Waals surface area contributed by atoms with Gasteiger partial charge in [0.2, 0.25) is 0 Å². The molecule has 0 spiro atoms. The predicted octanol–water partition coefficient (Wildman–Crippen LogP) is -0.819. The first-order chi connectivity index (χ1) is 9.69. The summed E-state index contributed by atoms with van der Waals surface area (Å²) in [6.45, 7) is 0. The van der Waals surface area contributed by atoms with Crippen molar-refractivity contribution in [2.45, 2.75) is 37.8 Å². The van der Waals surface area contributed by atoms with Crippen molar-refractivity contribution in [2.75, 3.05) is 11.5 Å². The number of nitrogens with one attached hydrogen (secondary N) is 2. The number of sulfone groups is 1. The Labute approximate surface area is 121 Å². The Morgan fingerprint density at radius 3 is 2.38 bits per heavy atom. The Kier molecular flexibility index (Phi) is 5.94. The van der Waals surface area contributed by atoms with Crippen LogP contribution in [0.1, 0.15) is 25.7 Å². The summed E-state index contributed by atoms with van der Waals surface area (Å²) in [6, 6.07) is -2.49. The first kappa shape index (κ1) is 17.2. The zero-order valence-corrected chi connectivity index (χ0v) is 12.1. The number of carbonyl (C=O) groups excluding carboxylic acids is 1. The van der Waals surface area contributed by atoms with E-state index < -0.39 is 39.9 Å². The minimum atomic E-state index is -3.13. The van der Waals surface area contributed by atoms with Gasteiger partial charge in [0.1, 0.15) is 6.04 Å². The average molecular weight is 322 g/mol. The van der Waals surface area contributed by atoms with Gasteiger partial charge < -0.3 is 20.8 Å². The lowest BCUT2D eigenvalue weighted by Gasteiger charge is -2.17. The van der Waals surface area contributed by atoms with Crippen molar-refractivity contribution < 1.29 is 33.0 Å². The smallest absolute Gasteiger partial charge is 0.326 e. The van der Waals surface area contributed by atoms with E-state index in [0.29, 0.717) is 6.42 Å². The van der Waals surface area contributed by atoms with Gasteiger partial charge in [0.25, 0.3) is 0 Å². The van der Waals surface area contributed by atoms with Crippen LogP contribution in [-0.4, -0.2) is 60.2 Å². The van der Waals surface area contributed by atoms with Gasteiger partial charge in [-0.15, -0.1) is 0 Å². The highest BCUT2D eigenvalue weighted by atomic mass is 32.2. The number of hydrogen-bond donors (Lipinski definition) is 4. The molecule has 0 saturated carbocycles. The van der Waals surface area contributed by atoms with E-state index in [4.69, 9.17) is 10.2 Å². The van der Waals surface area contributed by atoms with Crippen molar-refractivity contribution in [3.8, 4) is 0 Å². The molecular formula is C11H18N2O7S. The molecule has 1 aliphatic heterocycles. The third-order valence-electron chi connectivity index (χ3n) is 3.05. The van der Waals surface area contributed by atoms with Gasteiger partial charge in [-0.3, -0.25) is 4.79 Å². The van der Waals surface area contributed by atoms with Gasteiger partial charge in [0.15, 0.2) is 9.84 Å². The van der Waals surface area contributed by atoms with Gasteiger partial charge in [-0.05, 0) is 19.3 Å². The molecule has 120 valence electrons. The van der Waals surface area contributed by atoms with Crippen LogP contribution in [0.3, 0.4) is 0 Å². The summed E-state index contributed by atoms with van der Waals surface area (Å²) in [7, 11) is -3.13. The Balaban J connectivity index is 2.42. The normalized spacial score (nSPS) is 21.4. The highest BCUT2D eigenvalue weighted by Crippen LogP contribution is 2.11. The number of hydrogen-bond acceptors (Lipinski definition) is 5. The van der Waals surface area contributed by atoms with E-state index in [2.05, 4.69) is 10.6 Å². The number of carboxylic acids is 2. The molecule has 1 fully saturated rings. The Morgan fingerprint density at radius 1 is 1.24 bits per heavy atom. The third kappa shape index (κ3) is 6.43. The lowest BCUT2D eigenvalue weighted by atomic mass is 10.1. The minimum Gasteiger partial charge on any atom is -0.481 e. The van der Waals surface area contributed by atoms with Crippen molar-refractivity contribution in [1.82, 2.24) is 10.6 Å². The van der Waals surface area contributed by atoms with Crippen LogP contribution in [0.4, 0.5) is 4.79 Å². The lowest BCUT2D eigenvalue weighted by molar-refractivity contribution is -0.140. The van der Waals surface area contributed by atoms with E-state index in [-0.39, 0.29) is 30.8 Å². The molecule has 1 rings (SSSR count). The maximum Gasteiger partial charge on any atom is 0.326 e. The van der Waals surface area contributed by atoms with Gasteiger partial charge in [-0.2, -0.15) is 0 Å². The van der Waals surface area contributed by atoms with Gasteiger partial charge in [0.05, 0.1) is 11.5 Å². The number of amides is 2. The zero-order valence-electron chi connectivity index (χ0n) is 11.2. The fourth-order valence-electron chi connectivity index (χ4n) is 2.01. The molecule has 1 saturated heterocycles. The molecule has 0 aromatic carbocycles. The molecule has 0 radical (unpaired) electrons. The molecule has 2 atom stereocenters. The largest absolute Gasteiger partial charge is 0.481 e. The van der Waals surface area contributed by atoms with Gasteiger partial charge in [-0.1, -0.05) is 0 Å². The van der Waals surface area contributed by atoms with Crippen molar-refractivity contribution in [2.24, 2.45) is 0 Å². The van der Waals surface area contributed by atoms with Crippen LogP contribution < -0.4 is 10.6 Å². The Morgan fingerprint density at radius 2 is 1.90 bits per heavy atom. The van der Waals surface area contributed by atoms with Crippen LogP contribution in [0.5, 0.6) is 0 Å². The fourth-order valence-corrected chi connectivity index (χ4v) is 3.68. The first-order valence-corrected chi connectivity index (χ1v) is 8.24. The molecule has 1 heterocycles. The fraction of sp³-hybridized carbons (Fsp3) is 0.727. The summed E-state index contributed by atoms with van der Waals surface area (Å²) in [4.78, 5) is 33.0. The van der Waals surface area contributed by atoms with Gasteiger partial charge in [-0.25, -0.2) is 18.0 Å². The van der Waals surface area contributed by atoms with Crippen LogP contribution in [0.25, 0.3) is 0 Å². The molecule has 1 aliphatic rings. The second kappa shape index (κ2) is 7.25. The molecule has 0 aliphatic carbocycles. The van der Waals surface area contributed by atoms with Crippen molar-refractivity contribution in [3.63, 3.8) is 0 Å². The summed E-state index contributed by atoms with van der Waals surface area (Å²) in [5.41, 5.74) is 0. The highest BCUT2D eigenvalue weighted by Gasteiger charge is 2.30. The van der Waals surface area contributed by atoms with Crippen LogP contribution >= 0.6 is 0 Å².